The normalized spacial score (nSPS) is 22.9. The third-order valence-corrected chi connectivity index (χ3v) is 4.77. The van der Waals surface area contributed by atoms with E-state index in [1.807, 2.05) is 44.2 Å². The predicted octanol–water partition coefficient (Wildman–Crippen LogP) is 2.25. The SMILES string of the molecule is CC(C)CC(=O)N1CO[C@@H](OC(=O)N2CCOCC2)[C@@H]1Cc1ccccc1. The summed E-state index contributed by atoms with van der Waals surface area (Å²) in [4.78, 5) is 28.5. The van der Waals surface area contributed by atoms with Gasteiger partial charge in [0, 0.05) is 19.5 Å². The maximum atomic E-state index is 12.7. The molecule has 0 N–H and O–H groups in total. The number of hydrogen-bond donors (Lipinski definition) is 0. The van der Waals surface area contributed by atoms with Gasteiger partial charge in [-0.05, 0) is 17.9 Å². The van der Waals surface area contributed by atoms with E-state index in [1.165, 1.54) is 0 Å². The highest BCUT2D eigenvalue weighted by atomic mass is 16.7. The lowest BCUT2D eigenvalue weighted by molar-refractivity contribution is -0.134. The summed E-state index contributed by atoms with van der Waals surface area (Å²) in [6.45, 7) is 6.19. The van der Waals surface area contributed by atoms with E-state index in [2.05, 4.69) is 0 Å². The Hall–Kier alpha value is -2.12. The molecule has 2 atom stereocenters. The second-order valence-electron chi connectivity index (χ2n) is 7.37. The highest BCUT2D eigenvalue weighted by Gasteiger charge is 2.41. The number of benzene rings is 1. The molecule has 2 aliphatic heterocycles. The molecule has 0 saturated carbocycles. The van der Waals surface area contributed by atoms with Crippen LogP contribution in [0.2, 0.25) is 0 Å². The molecule has 27 heavy (non-hydrogen) atoms. The van der Waals surface area contributed by atoms with Crippen LogP contribution in [-0.4, -0.2) is 67.2 Å². The number of ether oxygens (including phenoxy) is 3. The van der Waals surface area contributed by atoms with Gasteiger partial charge in [-0.2, -0.15) is 0 Å². The molecule has 2 amide bonds. The van der Waals surface area contributed by atoms with Crippen molar-refractivity contribution >= 4 is 12.0 Å². The smallest absolute Gasteiger partial charge is 0.412 e. The minimum absolute atomic E-state index is 0.0239. The van der Waals surface area contributed by atoms with Gasteiger partial charge in [-0.1, -0.05) is 44.2 Å². The lowest BCUT2D eigenvalue weighted by Gasteiger charge is -2.30. The van der Waals surface area contributed by atoms with Crippen LogP contribution in [0.5, 0.6) is 0 Å². The maximum absolute atomic E-state index is 12.7. The van der Waals surface area contributed by atoms with Gasteiger partial charge >= 0.3 is 6.09 Å². The molecule has 7 heteroatoms. The fourth-order valence-electron chi connectivity index (χ4n) is 3.33. The first kappa shape index (κ1) is 19.6. The van der Waals surface area contributed by atoms with E-state index in [9.17, 15) is 9.59 Å². The van der Waals surface area contributed by atoms with Crippen LogP contribution in [0.1, 0.15) is 25.8 Å². The Morgan fingerprint density at radius 1 is 1.19 bits per heavy atom. The first-order valence-corrected chi connectivity index (χ1v) is 9.53. The van der Waals surface area contributed by atoms with E-state index in [-0.39, 0.29) is 24.6 Å². The first-order valence-electron chi connectivity index (χ1n) is 9.53. The minimum Gasteiger partial charge on any atom is -0.417 e. The molecule has 0 bridgehead atoms. The fraction of sp³-hybridized carbons (Fsp3) is 0.600. The molecule has 0 aromatic heterocycles. The van der Waals surface area contributed by atoms with Crippen LogP contribution in [-0.2, 0) is 25.4 Å². The average molecular weight is 376 g/mol. The standard InChI is InChI=1S/C20H28N2O5/c1-15(2)12-18(23)22-14-26-19(17(22)13-16-6-4-3-5-7-16)27-20(24)21-8-10-25-11-9-21/h3-7,15,17,19H,8-14H2,1-2H3/t17-,19-/m0/s1. The average Bonchev–Trinajstić information content (AvgIpc) is 3.05. The highest BCUT2D eigenvalue weighted by Crippen LogP contribution is 2.25. The number of amides is 2. The molecular weight excluding hydrogens is 348 g/mol. The first-order chi connectivity index (χ1) is 13.0. The van der Waals surface area contributed by atoms with Gasteiger partial charge in [0.25, 0.3) is 0 Å². The van der Waals surface area contributed by atoms with E-state index in [0.29, 0.717) is 39.1 Å². The molecule has 2 fully saturated rings. The molecule has 0 aliphatic carbocycles. The Labute approximate surface area is 160 Å². The predicted molar refractivity (Wildman–Crippen MR) is 98.8 cm³/mol. The van der Waals surface area contributed by atoms with Crippen molar-refractivity contribution in [2.75, 3.05) is 33.0 Å². The Morgan fingerprint density at radius 2 is 1.89 bits per heavy atom. The van der Waals surface area contributed by atoms with Gasteiger partial charge in [-0.25, -0.2) is 4.79 Å². The molecule has 7 nitrogen and oxygen atoms in total. The monoisotopic (exact) mass is 376 g/mol. The summed E-state index contributed by atoms with van der Waals surface area (Å²) < 4.78 is 16.6. The summed E-state index contributed by atoms with van der Waals surface area (Å²) in [7, 11) is 0. The van der Waals surface area contributed by atoms with Gasteiger partial charge in [0.2, 0.25) is 12.2 Å². The van der Waals surface area contributed by atoms with Crippen molar-refractivity contribution in [3.05, 3.63) is 35.9 Å². The maximum Gasteiger partial charge on any atom is 0.412 e. The number of nitrogens with zero attached hydrogens (tertiary/aromatic N) is 2. The Bertz CT molecular complexity index is 631. The van der Waals surface area contributed by atoms with Gasteiger partial charge in [0.15, 0.2) is 0 Å². The molecule has 1 aromatic carbocycles. The summed E-state index contributed by atoms with van der Waals surface area (Å²) >= 11 is 0. The van der Waals surface area contributed by atoms with Crippen LogP contribution in [0.4, 0.5) is 4.79 Å². The summed E-state index contributed by atoms with van der Waals surface area (Å²) in [5.74, 6) is 0.278. The third kappa shape index (κ3) is 5.20. The summed E-state index contributed by atoms with van der Waals surface area (Å²) in [5.41, 5.74) is 1.07. The van der Waals surface area contributed by atoms with Crippen LogP contribution in [0.3, 0.4) is 0 Å². The van der Waals surface area contributed by atoms with Gasteiger partial charge in [-0.15, -0.1) is 0 Å². The molecule has 0 radical (unpaired) electrons. The van der Waals surface area contributed by atoms with Crippen LogP contribution in [0.15, 0.2) is 30.3 Å². The second kappa shape index (κ2) is 9.19. The van der Waals surface area contributed by atoms with Crippen LogP contribution in [0.25, 0.3) is 0 Å². The topological polar surface area (TPSA) is 68.3 Å². The van der Waals surface area contributed by atoms with Crippen molar-refractivity contribution in [1.82, 2.24) is 9.80 Å². The van der Waals surface area contributed by atoms with Crippen molar-refractivity contribution in [2.45, 2.75) is 39.0 Å². The summed E-state index contributed by atoms with van der Waals surface area (Å²) in [6.07, 6.45) is -0.166. The Morgan fingerprint density at radius 3 is 2.56 bits per heavy atom. The molecule has 2 heterocycles. The minimum atomic E-state index is -0.767. The van der Waals surface area contributed by atoms with Gasteiger partial charge in [0.05, 0.1) is 13.2 Å². The Kier molecular flexibility index (Phi) is 6.68. The van der Waals surface area contributed by atoms with Crippen molar-refractivity contribution in [2.24, 2.45) is 5.92 Å². The van der Waals surface area contributed by atoms with E-state index >= 15 is 0 Å². The fourth-order valence-corrected chi connectivity index (χ4v) is 3.33. The number of morpholine rings is 1. The number of hydrogen-bond acceptors (Lipinski definition) is 5. The van der Waals surface area contributed by atoms with Gasteiger partial charge in [0.1, 0.15) is 12.8 Å². The molecule has 3 rings (SSSR count). The molecule has 2 saturated heterocycles. The number of carbonyl (C=O) groups excluding carboxylic acids is 2. The molecule has 1 aromatic rings. The molecule has 148 valence electrons. The summed E-state index contributed by atoms with van der Waals surface area (Å²) in [6, 6.07) is 9.55. The third-order valence-electron chi connectivity index (χ3n) is 4.77. The number of rotatable bonds is 5. The molecule has 0 spiro atoms. The van der Waals surface area contributed by atoms with Crippen LogP contribution in [0, 0.1) is 5.92 Å². The molecular formula is C20H28N2O5. The molecule has 2 aliphatic rings. The zero-order valence-corrected chi connectivity index (χ0v) is 16.0. The van der Waals surface area contributed by atoms with Crippen LogP contribution >= 0.6 is 0 Å². The van der Waals surface area contributed by atoms with Gasteiger partial charge < -0.3 is 24.0 Å². The second-order valence-corrected chi connectivity index (χ2v) is 7.37. The van der Waals surface area contributed by atoms with E-state index in [0.717, 1.165) is 5.56 Å². The molecule has 0 unspecified atom stereocenters. The number of carbonyl (C=O) groups is 2. The lowest BCUT2D eigenvalue weighted by atomic mass is 10.0. The lowest BCUT2D eigenvalue weighted by Crippen LogP contribution is -2.46. The van der Waals surface area contributed by atoms with E-state index in [1.54, 1.807) is 9.80 Å². The van der Waals surface area contributed by atoms with Crippen molar-refractivity contribution in [1.29, 1.82) is 0 Å². The summed E-state index contributed by atoms with van der Waals surface area (Å²) in [5, 5.41) is 0. The zero-order chi connectivity index (χ0) is 19.2. The van der Waals surface area contributed by atoms with E-state index in [4.69, 9.17) is 14.2 Å². The van der Waals surface area contributed by atoms with Crippen molar-refractivity contribution in [3.8, 4) is 0 Å². The Balaban J connectivity index is 1.70. The largest absolute Gasteiger partial charge is 0.417 e. The quantitative estimate of drug-likeness (QED) is 0.788. The van der Waals surface area contributed by atoms with Crippen LogP contribution < -0.4 is 0 Å². The van der Waals surface area contributed by atoms with E-state index < -0.39 is 12.4 Å². The zero-order valence-electron chi connectivity index (χ0n) is 16.0. The highest BCUT2D eigenvalue weighted by molar-refractivity contribution is 5.77. The van der Waals surface area contributed by atoms with Crippen molar-refractivity contribution < 1.29 is 23.8 Å². The van der Waals surface area contributed by atoms with Gasteiger partial charge in [-0.3, -0.25) is 4.79 Å². The van der Waals surface area contributed by atoms with Crippen molar-refractivity contribution in [3.63, 3.8) is 0 Å².